The van der Waals surface area contributed by atoms with Gasteiger partial charge in [0.05, 0.1) is 11.5 Å². The lowest BCUT2D eigenvalue weighted by molar-refractivity contribution is -0.385. The van der Waals surface area contributed by atoms with Crippen molar-refractivity contribution in [2.75, 3.05) is 6.61 Å². The number of nitro groups is 1. The van der Waals surface area contributed by atoms with Crippen molar-refractivity contribution in [2.24, 2.45) is 5.73 Å². The Hall–Kier alpha value is -2.12. The lowest BCUT2D eigenvalue weighted by atomic mass is 10.2. The minimum absolute atomic E-state index is 0.0120. The van der Waals surface area contributed by atoms with E-state index in [4.69, 9.17) is 5.73 Å². The summed E-state index contributed by atoms with van der Waals surface area (Å²) in [5.41, 5.74) is 4.78. The van der Waals surface area contributed by atoms with Crippen LogP contribution in [-0.4, -0.2) is 27.4 Å². The van der Waals surface area contributed by atoms with Crippen LogP contribution in [0.4, 0.5) is 10.5 Å². The van der Waals surface area contributed by atoms with Gasteiger partial charge in [0.1, 0.15) is 12.4 Å². The van der Waals surface area contributed by atoms with Gasteiger partial charge in [-0.05, 0) is 19.3 Å². The van der Waals surface area contributed by atoms with Gasteiger partial charge in [-0.3, -0.25) is 14.8 Å². The van der Waals surface area contributed by atoms with E-state index in [9.17, 15) is 14.9 Å². The van der Waals surface area contributed by atoms with Crippen molar-refractivity contribution in [1.82, 2.24) is 9.78 Å². The summed E-state index contributed by atoms with van der Waals surface area (Å²) in [4.78, 5) is 20.1. The molecule has 0 atom stereocenters. The Morgan fingerprint density at radius 1 is 1.53 bits per heavy atom. The number of amides is 1. The first kappa shape index (κ1) is 12.9. The summed E-state index contributed by atoms with van der Waals surface area (Å²) < 4.78 is 6.08. The molecule has 1 aromatic rings. The third kappa shape index (κ3) is 4.96. The Bertz CT molecular complexity index is 390. The molecule has 0 saturated heterocycles. The molecular weight excluding hydrogens is 228 g/mol. The summed E-state index contributed by atoms with van der Waals surface area (Å²) >= 11 is 0. The maximum absolute atomic E-state index is 10.4. The molecule has 17 heavy (non-hydrogen) atoms. The average molecular weight is 242 g/mol. The first-order valence-electron chi connectivity index (χ1n) is 5.18. The van der Waals surface area contributed by atoms with E-state index in [-0.39, 0.29) is 5.69 Å². The van der Waals surface area contributed by atoms with Crippen molar-refractivity contribution in [3.8, 4) is 0 Å². The van der Waals surface area contributed by atoms with Gasteiger partial charge in [0.15, 0.2) is 0 Å². The summed E-state index contributed by atoms with van der Waals surface area (Å²) in [6.07, 6.45) is 4.19. The maximum Gasteiger partial charge on any atom is 0.404 e. The number of nitrogens with zero attached hydrogens (tertiary/aromatic N) is 3. The highest BCUT2D eigenvalue weighted by Gasteiger charge is 2.07. The molecule has 0 aliphatic heterocycles. The number of hydrogen-bond donors (Lipinski definition) is 1. The number of unbranched alkanes of at least 4 members (excludes halogenated alkanes) is 2. The third-order valence-electron chi connectivity index (χ3n) is 2.11. The van der Waals surface area contributed by atoms with Crippen LogP contribution in [-0.2, 0) is 11.3 Å². The maximum atomic E-state index is 10.4. The molecule has 0 aliphatic carbocycles. The number of nitrogens with two attached hydrogens (primary N) is 1. The molecule has 1 amide bonds. The van der Waals surface area contributed by atoms with Crippen LogP contribution in [0.15, 0.2) is 12.4 Å². The van der Waals surface area contributed by atoms with E-state index >= 15 is 0 Å². The number of rotatable bonds is 7. The van der Waals surface area contributed by atoms with Crippen LogP contribution in [0.2, 0.25) is 0 Å². The Morgan fingerprint density at radius 2 is 2.29 bits per heavy atom. The number of aromatic nitrogens is 2. The number of carbonyl (C=O) groups is 1. The van der Waals surface area contributed by atoms with Gasteiger partial charge in [0.25, 0.3) is 0 Å². The molecule has 0 unspecified atom stereocenters. The second-order valence-electron chi connectivity index (χ2n) is 3.45. The number of hydrogen-bond acceptors (Lipinski definition) is 5. The minimum atomic E-state index is -0.771. The highest BCUT2D eigenvalue weighted by atomic mass is 16.6. The van der Waals surface area contributed by atoms with Crippen LogP contribution in [0.3, 0.4) is 0 Å². The molecule has 1 aromatic heterocycles. The van der Waals surface area contributed by atoms with Crippen LogP contribution < -0.4 is 5.73 Å². The van der Waals surface area contributed by atoms with Gasteiger partial charge in [-0.25, -0.2) is 4.79 Å². The zero-order valence-electron chi connectivity index (χ0n) is 9.24. The predicted molar refractivity (Wildman–Crippen MR) is 58.3 cm³/mol. The Labute approximate surface area is 97.5 Å². The van der Waals surface area contributed by atoms with Crippen molar-refractivity contribution in [3.05, 3.63) is 22.5 Å². The Morgan fingerprint density at radius 3 is 2.88 bits per heavy atom. The fraction of sp³-hybridized carbons (Fsp3) is 0.556. The van der Waals surface area contributed by atoms with Crippen LogP contribution in [0.1, 0.15) is 19.3 Å². The van der Waals surface area contributed by atoms with Gasteiger partial charge < -0.3 is 10.5 Å². The van der Waals surface area contributed by atoms with Gasteiger partial charge in [0, 0.05) is 6.54 Å². The van der Waals surface area contributed by atoms with Crippen molar-refractivity contribution in [2.45, 2.75) is 25.8 Å². The summed E-state index contributed by atoms with van der Waals surface area (Å²) in [6, 6.07) is 0. The van der Waals surface area contributed by atoms with E-state index in [2.05, 4.69) is 9.84 Å². The number of ether oxygens (including phenoxy) is 1. The molecule has 1 heterocycles. The van der Waals surface area contributed by atoms with Crippen molar-refractivity contribution in [3.63, 3.8) is 0 Å². The molecule has 0 spiro atoms. The molecule has 0 aliphatic rings. The summed E-state index contributed by atoms with van der Waals surface area (Å²) in [5.74, 6) is 0. The predicted octanol–water partition coefficient (Wildman–Crippen LogP) is 1.06. The molecule has 0 radical (unpaired) electrons. The highest BCUT2D eigenvalue weighted by molar-refractivity contribution is 5.64. The highest BCUT2D eigenvalue weighted by Crippen LogP contribution is 2.08. The first-order valence-corrected chi connectivity index (χ1v) is 5.18. The molecule has 0 bridgehead atoms. The number of primary amides is 1. The van der Waals surface area contributed by atoms with E-state index in [1.807, 2.05) is 0 Å². The number of aryl methyl sites for hydroxylation is 1. The van der Waals surface area contributed by atoms with Crippen LogP contribution >= 0.6 is 0 Å². The Balaban J connectivity index is 2.13. The van der Waals surface area contributed by atoms with Crippen LogP contribution in [0.25, 0.3) is 0 Å². The molecular formula is C9H14N4O4. The Kier molecular flexibility index (Phi) is 4.92. The van der Waals surface area contributed by atoms with Crippen molar-refractivity contribution in [1.29, 1.82) is 0 Å². The topological polar surface area (TPSA) is 113 Å². The summed E-state index contributed by atoms with van der Waals surface area (Å²) in [6.45, 7) is 0.902. The van der Waals surface area contributed by atoms with E-state index in [1.54, 1.807) is 0 Å². The van der Waals surface area contributed by atoms with Crippen molar-refractivity contribution < 1.29 is 14.5 Å². The fourth-order valence-electron chi connectivity index (χ4n) is 1.29. The largest absolute Gasteiger partial charge is 0.450 e. The quantitative estimate of drug-likeness (QED) is 0.436. The molecule has 1 rings (SSSR count). The van der Waals surface area contributed by atoms with E-state index in [0.29, 0.717) is 19.6 Å². The zero-order valence-corrected chi connectivity index (χ0v) is 9.24. The SMILES string of the molecule is NC(=O)OCCCCCn1cc([N+](=O)[O-])cn1. The van der Waals surface area contributed by atoms with E-state index in [0.717, 1.165) is 12.8 Å². The van der Waals surface area contributed by atoms with Gasteiger partial charge in [-0.15, -0.1) is 0 Å². The molecule has 0 fully saturated rings. The standard InChI is InChI=1S/C9H14N4O4/c10-9(14)17-5-3-1-2-4-12-7-8(6-11-12)13(15)16/h6-7H,1-5H2,(H2,10,14). The van der Waals surface area contributed by atoms with Crippen LogP contribution in [0, 0.1) is 10.1 Å². The summed E-state index contributed by atoms with van der Waals surface area (Å²) in [7, 11) is 0. The minimum Gasteiger partial charge on any atom is -0.450 e. The van der Waals surface area contributed by atoms with Gasteiger partial charge in [-0.1, -0.05) is 0 Å². The molecule has 94 valence electrons. The third-order valence-corrected chi connectivity index (χ3v) is 2.11. The lowest BCUT2D eigenvalue weighted by Gasteiger charge is -2.02. The molecule has 0 saturated carbocycles. The van der Waals surface area contributed by atoms with Gasteiger partial charge >= 0.3 is 11.8 Å². The van der Waals surface area contributed by atoms with E-state index < -0.39 is 11.0 Å². The average Bonchev–Trinajstić information content (AvgIpc) is 2.71. The smallest absolute Gasteiger partial charge is 0.404 e. The van der Waals surface area contributed by atoms with Gasteiger partial charge in [0.2, 0.25) is 0 Å². The lowest BCUT2D eigenvalue weighted by Crippen LogP contribution is -2.13. The fourth-order valence-corrected chi connectivity index (χ4v) is 1.29. The second kappa shape index (κ2) is 6.46. The number of carbonyl (C=O) groups excluding carboxylic acids is 1. The van der Waals surface area contributed by atoms with Crippen LogP contribution in [0.5, 0.6) is 0 Å². The van der Waals surface area contributed by atoms with Gasteiger partial charge in [-0.2, -0.15) is 5.10 Å². The zero-order chi connectivity index (χ0) is 12.7. The monoisotopic (exact) mass is 242 g/mol. The molecule has 0 aromatic carbocycles. The van der Waals surface area contributed by atoms with Crippen molar-refractivity contribution >= 4 is 11.8 Å². The second-order valence-corrected chi connectivity index (χ2v) is 3.45. The molecule has 2 N–H and O–H groups in total. The molecule has 8 nitrogen and oxygen atoms in total. The first-order chi connectivity index (χ1) is 8.09. The van der Waals surface area contributed by atoms with E-state index in [1.165, 1.54) is 17.1 Å². The molecule has 8 heteroatoms. The normalized spacial score (nSPS) is 10.1. The summed E-state index contributed by atoms with van der Waals surface area (Å²) in [5, 5.41) is 14.2.